The van der Waals surface area contributed by atoms with Gasteiger partial charge in [0.05, 0.1) is 16.4 Å². The molecule has 3 aromatic rings. The van der Waals surface area contributed by atoms with Crippen molar-refractivity contribution >= 4 is 28.8 Å². The molecule has 1 aliphatic heterocycles. The second-order valence-corrected chi connectivity index (χ2v) is 11.0. The highest BCUT2D eigenvalue weighted by Gasteiger charge is 2.27. The van der Waals surface area contributed by atoms with E-state index in [1.807, 2.05) is 36.3 Å². The number of carbonyl (C=O) groups excluding carboxylic acids is 2. The molecule has 1 saturated carbocycles. The predicted molar refractivity (Wildman–Crippen MR) is 141 cm³/mol. The van der Waals surface area contributed by atoms with Gasteiger partial charge in [0.25, 0.3) is 5.91 Å². The molecular formula is C27H34N6O2S. The van der Waals surface area contributed by atoms with E-state index in [1.54, 1.807) is 16.9 Å². The van der Waals surface area contributed by atoms with E-state index >= 15 is 0 Å². The third kappa shape index (κ3) is 5.51. The standard InChI is InChI=1S/C27H34N6O2S/c1-18-16-19(2)33(31-18)25-22(8-5-13-28-25)29-26(35)23-17-36-27(30-23)21-11-14-32(15-12-21)24(34)10-9-20-6-3-4-7-20/h5,8,13,16-17,20-21H,3-4,6-7,9-12,14-15H2,1-2H3,(H,29,35). The van der Waals surface area contributed by atoms with E-state index in [1.165, 1.54) is 37.0 Å². The average molecular weight is 507 g/mol. The van der Waals surface area contributed by atoms with E-state index in [4.69, 9.17) is 0 Å². The Hall–Kier alpha value is -3.07. The molecule has 1 aliphatic carbocycles. The largest absolute Gasteiger partial charge is 0.343 e. The third-order valence-corrected chi connectivity index (χ3v) is 8.45. The van der Waals surface area contributed by atoms with Crippen molar-refractivity contribution in [3.63, 3.8) is 0 Å². The number of aryl methyl sites for hydroxylation is 2. The molecule has 0 radical (unpaired) electrons. The molecule has 0 unspecified atom stereocenters. The monoisotopic (exact) mass is 506 g/mol. The lowest BCUT2D eigenvalue weighted by Gasteiger charge is -2.31. The molecule has 8 nitrogen and oxygen atoms in total. The number of anilines is 1. The summed E-state index contributed by atoms with van der Waals surface area (Å²) in [5.74, 6) is 1.67. The number of likely N-dealkylation sites (tertiary alicyclic amines) is 1. The van der Waals surface area contributed by atoms with Gasteiger partial charge < -0.3 is 10.2 Å². The number of thiazole rings is 1. The van der Waals surface area contributed by atoms with Crippen LogP contribution in [0, 0.1) is 19.8 Å². The fourth-order valence-corrected chi connectivity index (χ4v) is 6.40. The van der Waals surface area contributed by atoms with Crippen molar-refractivity contribution in [3.8, 4) is 5.82 Å². The first-order valence-corrected chi connectivity index (χ1v) is 13.9. The molecule has 5 rings (SSSR count). The van der Waals surface area contributed by atoms with Gasteiger partial charge in [0.1, 0.15) is 5.69 Å². The first-order valence-electron chi connectivity index (χ1n) is 13.0. The van der Waals surface area contributed by atoms with E-state index in [-0.39, 0.29) is 5.91 Å². The zero-order valence-electron chi connectivity index (χ0n) is 21.1. The molecule has 2 amide bonds. The van der Waals surface area contributed by atoms with Crippen molar-refractivity contribution in [3.05, 3.63) is 51.9 Å². The van der Waals surface area contributed by atoms with Gasteiger partial charge in [-0.05, 0) is 57.2 Å². The van der Waals surface area contributed by atoms with E-state index in [0.29, 0.717) is 35.4 Å². The molecule has 190 valence electrons. The Kier molecular flexibility index (Phi) is 7.46. The molecule has 2 fully saturated rings. The van der Waals surface area contributed by atoms with Crippen LogP contribution in [-0.4, -0.2) is 49.6 Å². The molecule has 36 heavy (non-hydrogen) atoms. The third-order valence-electron chi connectivity index (χ3n) is 7.44. The van der Waals surface area contributed by atoms with Crippen LogP contribution in [0.1, 0.15) is 84.2 Å². The first kappa shape index (κ1) is 24.6. The van der Waals surface area contributed by atoms with Gasteiger partial charge in [-0.3, -0.25) is 9.59 Å². The highest BCUT2D eigenvalue weighted by molar-refractivity contribution is 7.10. The van der Waals surface area contributed by atoms with Crippen molar-refractivity contribution in [1.82, 2.24) is 24.6 Å². The summed E-state index contributed by atoms with van der Waals surface area (Å²) in [5.41, 5.74) is 2.84. The summed E-state index contributed by atoms with van der Waals surface area (Å²) < 4.78 is 1.74. The Morgan fingerprint density at radius 2 is 1.92 bits per heavy atom. The van der Waals surface area contributed by atoms with E-state index in [0.717, 1.165) is 54.7 Å². The molecule has 1 saturated heterocycles. The van der Waals surface area contributed by atoms with Crippen LogP contribution in [-0.2, 0) is 4.79 Å². The Bertz CT molecular complexity index is 1220. The summed E-state index contributed by atoms with van der Waals surface area (Å²) in [6.07, 6.45) is 10.4. The number of pyridine rings is 1. The summed E-state index contributed by atoms with van der Waals surface area (Å²) in [4.78, 5) is 36.8. The summed E-state index contributed by atoms with van der Waals surface area (Å²) >= 11 is 1.53. The quantitative estimate of drug-likeness (QED) is 0.471. The number of rotatable bonds is 7. The predicted octanol–water partition coefficient (Wildman–Crippen LogP) is 5.27. The van der Waals surface area contributed by atoms with Crippen LogP contribution in [0.3, 0.4) is 0 Å². The van der Waals surface area contributed by atoms with Gasteiger partial charge in [0.2, 0.25) is 5.91 Å². The molecule has 0 spiro atoms. The van der Waals surface area contributed by atoms with Crippen LogP contribution < -0.4 is 5.32 Å². The summed E-state index contributed by atoms with van der Waals surface area (Å²) in [7, 11) is 0. The molecule has 1 N–H and O–H groups in total. The van der Waals surface area contributed by atoms with Crippen LogP contribution in [0.2, 0.25) is 0 Å². The maximum atomic E-state index is 13.0. The Balaban J connectivity index is 1.17. The number of nitrogens with one attached hydrogen (secondary N) is 1. The Morgan fingerprint density at radius 1 is 1.14 bits per heavy atom. The molecule has 4 heterocycles. The molecule has 0 bridgehead atoms. The number of nitrogens with zero attached hydrogens (tertiary/aromatic N) is 5. The van der Waals surface area contributed by atoms with Crippen LogP contribution in [0.15, 0.2) is 29.8 Å². The highest BCUT2D eigenvalue weighted by Crippen LogP contribution is 2.32. The van der Waals surface area contributed by atoms with E-state index in [9.17, 15) is 9.59 Å². The molecule has 9 heteroatoms. The Labute approximate surface area is 216 Å². The zero-order chi connectivity index (χ0) is 25.1. The summed E-state index contributed by atoms with van der Waals surface area (Å²) in [6, 6.07) is 5.59. The minimum Gasteiger partial charge on any atom is -0.343 e. The summed E-state index contributed by atoms with van der Waals surface area (Å²) in [6.45, 7) is 5.44. The fraction of sp³-hybridized carbons (Fsp3) is 0.519. The highest BCUT2D eigenvalue weighted by atomic mass is 32.1. The first-order chi connectivity index (χ1) is 17.5. The summed E-state index contributed by atoms with van der Waals surface area (Å²) in [5, 5.41) is 10.3. The maximum absolute atomic E-state index is 13.0. The van der Waals surface area contributed by atoms with Gasteiger partial charge in [-0.1, -0.05) is 25.7 Å². The Morgan fingerprint density at radius 3 is 2.64 bits per heavy atom. The number of carbonyl (C=O) groups is 2. The number of hydrogen-bond donors (Lipinski definition) is 1. The van der Waals surface area contributed by atoms with Crippen LogP contribution >= 0.6 is 11.3 Å². The maximum Gasteiger partial charge on any atom is 0.275 e. The minimum atomic E-state index is -0.257. The smallest absolute Gasteiger partial charge is 0.275 e. The normalized spacial score (nSPS) is 17.0. The van der Waals surface area contributed by atoms with Gasteiger partial charge in [-0.25, -0.2) is 14.6 Å². The number of hydrogen-bond acceptors (Lipinski definition) is 6. The van der Waals surface area contributed by atoms with Gasteiger partial charge in [0, 0.05) is 42.7 Å². The van der Waals surface area contributed by atoms with Gasteiger partial charge in [0.15, 0.2) is 5.82 Å². The van der Waals surface area contributed by atoms with Gasteiger partial charge >= 0.3 is 0 Å². The van der Waals surface area contributed by atoms with Crippen molar-refractivity contribution < 1.29 is 9.59 Å². The molecule has 2 aliphatic rings. The fourth-order valence-electron chi connectivity index (χ4n) is 5.43. The lowest BCUT2D eigenvalue weighted by atomic mass is 9.96. The zero-order valence-corrected chi connectivity index (χ0v) is 21.9. The van der Waals surface area contributed by atoms with Gasteiger partial charge in [-0.15, -0.1) is 11.3 Å². The van der Waals surface area contributed by atoms with Crippen molar-refractivity contribution in [2.24, 2.45) is 5.92 Å². The lowest BCUT2D eigenvalue weighted by Crippen LogP contribution is -2.38. The number of aromatic nitrogens is 4. The average Bonchev–Trinajstić information content (AvgIpc) is 3.65. The number of piperidine rings is 1. The van der Waals surface area contributed by atoms with Crippen molar-refractivity contribution in [1.29, 1.82) is 0 Å². The van der Waals surface area contributed by atoms with Crippen LogP contribution in [0.5, 0.6) is 0 Å². The topological polar surface area (TPSA) is 93.0 Å². The van der Waals surface area contributed by atoms with E-state index < -0.39 is 0 Å². The SMILES string of the molecule is Cc1cc(C)n(-c2ncccc2NC(=O)c2csc(C3CCN(C(=O)CCC4CCCC4)CC3)n2)n1. The molecule has 0 aromatic carbocycles. The van der Waals surface area contributed by atoms with Crippen molar-refractivity contribution in [2.45, 2.75) is 71.1 Å². The molecular weight excluding hydrogens is 472 g/mol. The van der Waals surface area contributed by atoms with Gasteiger partial charge in [-0.2, -0.15) is 5.10 Å². The van der Waals surface area contributed by atoms with E-state index in [2.05, 4.69) is 20.4 Å². The molecule has 0 atom stereocenters. The minimum absolute atomic E-state index is 0.257. The second-order valence-electron chi connectivity index (χ2n) is 10.1. The van der Waals surface area contributed by atoms with Crippen LogP contribution in [0.25, 0.3) is 5.82 Å². The molecule has 3 aromatic heterocycles. The lowest BCUT2D eigenvalue weighted by molar-refractivity contribution is -0.132. The number of amides is 2. The second kappa shape index (κ2) is 10.9. The van der Waals surface area contributed by atoms with Crippen LogP contribution in [0.4, 0.5) is 5.69 Å². The van der Waals surface area contributed by atoms with Crippen molar-refractivity contribution in [2.75, 3.05) is 18.4 Å².